The van der Waals surface area contributed by atoms with Crippen LogP contribution in [0.1, 0.15) is 12.0 Å². The van der Waals surface area contributed by atoms with E-state index < -0.39 is 17.9 Å². The number of rotatable bonds is 4. The monoisotopic (exact) mass is 261 g/mol. The molecule has 2 rings (SSSR count). The van der Waals surface area contributed by atoms with Crippen LogP contribution in [0.2, 0.25) is 0 Å². The van der Waals surface area contributed by atoms with Crippen LogP contribution in [0.15, 0.2) is 29.3 Å². The van der Waals surface area contributed by atoms with Gasteiger partial charge in [0.15, 0.2) is 6.04 Å². The summed E-state index contributed by atoms with van der Waals surface area (Å²) < 4.78 is 5.49. The van der Waals surface area contributed by atoms with E-state index in [1.807, 2.05) is 31.2 Å². The molecule has 0 bridgehead atoms. The van der Waals surface area contributed by atoms with Crippen molar-refractivity contribution in [1.82, 2.24) is 5.32 Å². The van der Waals surface area contributed by atoms with Gasteiger partial charge >= 0.3 is 0 Å². The summed E-state index contributed by atoms with van der Waals surface area (Å²) in [6.45, 7) is 2.32. The molecule has 0 saturated carbocycles. The van der Waals surface area contributed by atoms with Crippen LogP contribution in [0.25, 0.3) is 0 Å². The van der Waals surface area contributed by atoms with Crippen molar-refractivity contribution in [2.45, 2.75) is 19.4 Å². The lowest BCUT2D eigenvalue weighted by Gasteiger charge is -2.17. The van der Waals surface area contributed by atoms with Gasteiger partial charge in [0.25, 0.3) is 11.8 Å². The molecule has 19 heavy (non-hydrogen) atoms. The first-order valence-corrected chi connectivity index (χ1v) is 5.93. The van der Waals surface area contributed by atoms with Gasteiger partial charge in [-0.3, -0.25) is 9.59 Å². The first-order chi connectivity index (χ1) is 9.06. The van der Waals surface area contributed by atoms with Gasteiger partial charge in [0.1, 0.15) is 11.6 Å². The fraction of sp³-hybridized carbons (Fsp3) is 0.308. The van der Waals surface area contributed by atoms with E-state index in [1.165, 1.54) is 0 Å². The lowest BCUT2D eigenvalue weighted by Crippen LogP contribution is -2.52. The van der Waals surface area contributed by atoms with Gasteiger partial charge < -0.3 is 15.8 Å². The Hall–Kier alpha value is -2.21. The SMILES string of the molecule is Cc1ccc(OCCC2=NC(=O)C(N)C(=O)N2)cc1. The number of carbonyl (C=O) groups excluding carboxylic acids is 2. The lowest BCUT2D eigenvalue weighted by molar-refractivity contribution is -0.129. The summed E-state index contributed by atoms with van der Waals surface area (Å²) in [6, 6.07) is 6.41. The van der Waals surface area contributed by atoms with Gasteiger partial charge in [0, 0.05) is 6.42 Å². The molecule has 0 fully saturated rings. The maximum absolute atomic E-state index is 11.3. The normalized spacial score (nSPS) is 18.8. The Labute approximate surface area is 110 Å². The highest BCUT2D eigenvalue weighted by atomic mass is 16.5. The molecule has 2 amide bonds. The fourth-order valence-corrected chi connectivity index (χ4v) is 1.58. The molecule has 0 aromatic heterocycles. The average molecular weight is 261 g/mol. The zero-order chi connectivity index (χ0) is 13.8. The van der Waals surface area contributed by atoms with Gasteiger partial charge in [-0.05, 0) is 19.1 Å². The van der Waals surface area contributed by atoms with Crippen molar-refractivity contribution >= 4 is 17.6 Å². The third-order valence-electron chi connectivity index (χ3n) is 2.69. The Balaban J connectivity index is 1.86. The van der Waals surface area contributed by atoms with Crippen LogP contribution in [-0.4, -0.2) is 30.3 Å². The maximum Gasteiger partial charge on any atom is 0.273 e. The van der Waals surface area contributed by atoms with Gasteiger partial charge in [0.05, 0.1) is 6.61 Å². The molecule has 6 nitrogen and oxygen atoms in total. The molecular weight excluding hydrogens is 246 g/mol. The summed E-state index contributed by atoms with van der Waals surface area (Å²) in [7, 11) is 0. The van der Waals surface area contributed by atoms with Crippen molar-refractivity contribution in [2.24, 2.45) is 10.7 Å². The summed E-state index contributed by atoms with van der Waals surface area (Å²) in [5.41, 5.74) is 6.47. The Bertz CT molecular complexity index is 522. The minimum absolute atomic E-state index is 0.295. The molecule has 100 valence electrons. The summed E-state index contributed by atoms with van der Waals surface area (Å²) in [6.07, 6.45) is 0.345. The topological polar surface area (TPSA) is 93.8 Å². The van der Waals surface area contributed by atoms with Crippen LogP contribution in [0.5, 0.6) is 5.75 Å². The van der Waals surface area contributed by atoms with E-state index in [-0.39, 0.29) is 0 Å². The number of amides is 2. The van der Waals surface area contributed by atoms with E-state index in [1.54, 1.807) is 0 Å². The maximum atomic E-state index is 11.3. The number of aliphatic imine (C=N–C) groups is 1. The summed E-state index contributed by atoms with van der Waals surface area (Å²) in [4.78, 5) is 26.3. The number of amidine groups is 1. The molecule has 1 aliphatic rings. The van der Waals surface area contributed by atoms with E-state index >= 15 is 0 Å². The highest BCUT2D eigenvalue weighted by Crippen LogP contribution is 2.11. The van der Waals surface area contributed by atoms with E-state index in [0.717, 1.165) is 11.3 Å². The van der Waals surface area contributed by atoms with Crippen LogP contribution < -0.4 is 15.8 Å². The third kappa shape index (κ3) is 3.38. The Morgan fingerprint density at radius 1 is 1.32 bits per heavy atom. The van der Waals surface area contributed by atoms with Crippen molar-refractivity contribution in [2.75, 3.05) is 6.61 Å². The molecule has 1 aromatic rings. The molecule has 1 heterocycles. The van der Waals surface area contributed by atoms with Crippen LogP contribution in [0, 0.1) is 6.92 Å². The second-order valence-electron chi connectivity index (χ2n) is 4.28. The number of hydrogen-bond acceptors (Lipinski definition) is 4. The molecule has 0 aliphatic carbocycles. The largest absolute Gasteiger partial charge is 0.493 e. The number of nitrogens with two attached hydrogens (primary N) is 1. The van der Waals surface area contributed by atoms with Crippen molar-refractivity contribution < 1.29 is 14.3 Å². The molecule has 6 heteroatoms. The minimum Gasteiger partial charge on any atom is -0.493 e. The standard InChI is InChI=1S/C13H15N3O3/c1-8-2-4-9(5-3-8)19-7-6-10-15-12(17)11(14)13(18)16-10/h2-5,11H,6-7,14H2,1H3,(H,15,16,17,18). The van der Waals surface area contributed by atoms with Gasteiger partial charge in [-0.2, -0.15) is 4.99 Å². The zero-order valence-corrected chi connectivity index (χ0v) is 10.6. The Kier molecular flexibility index (Phi) is 3.91. The summed E-state index contributed by atoms with van der Waals surface area (Å²) in [5.74, 6) is -0.111. The van der Waals surface area contributed by atoms with Crippen molar-refractivity contribution in [3.05, 3.63) is 29.8 Å². The average Bonchev–Trinajstić information content (AvgIpc) is 2.38. The van der Waals surface area contributed by atoms with E-state index in [9.17, 15) is 9.59 Å². The number of hydrogen-bond donors (Lipinski definition) is 2. The van der Waals surface area contributed by atoms with E-state index in [4.69, 9.17) is 10.5 Å². The van der Waals surface area contributed by atoms with Gasteiger partial charge in [-0.15, -0.1) is 0 Å². The zero-order valence-electron chi connectivity index (χ0n) is 10.6. The third-order valence-corrected chi connectivity index (χ3v) is 2.69. The molecule has 1 aliphatic heterocycles. The number of ether oxygens (including phenoxy) is 1. The Morgan fingerprint density at radius 3 is 2.63 bits per heavy atom. The number of nitrogens with zero attached hydrogens (tertiary/aromatic N) is 1. The second-order valence-corrected chi connectivity index (χ2v) is 4.28. The molecule has 1 atom stereocenters. The van der Waals surface area contributed by atoms with E-state index in [0.29, 0.717) is 18.9 Å². The van der Waals surface area contributed by atoms with Gasteiger partial charge in [-0.1, -0.05) is 17.7 Å². The molecule has 3 N–H and O–H groups in total. The second kappa shape index (κ2) is 5.62. The van der Waals surface area contributed by atoms with Crippen LogP contribution in [0.3, 0.4) is 0 Å². The molecule has 0 radical (unpaired) electrons. The van der Waals surface area contributed by atoms with E-state index in [2.05, 4.69) is 10.3 Å². The molecule has 0 saturated heterocycles. The first-order valence-electron chi connectivity index (χ1n) is 5.93. The number of benzene rings is 1. The fourth-order valence-electron chi connectivity index (χ4n) is 1.58. The minimum atomic E-state index is -1.19. The predicted molar refractivity (Wildman–Crippen MR) is 69.9 cm³/mol. The quantitative estimate of drug-likeness (QED) is 0.754. The highest BCUT2D eigenvalue weighted by molar-refractivity contribution is 6.18. The summed E-state index contributed by atoms with van der Waals surface area (Å²) in [5, 5.41) is 2.48. The van der Waals surface area contributed by atoms with Crippen molar-refractivity contribution in [3.63, 3.8) is 0 Å². The molecule has 0 spiro atoms. The number of aryl methyl sites for hydroxylation is 1. The lowest BCUT2D eigenvalue weighted by atomic mass is 10.2. The molecule has 1 unspecified atom stereocenters. The number of nitrogens with one attached hydrogen (secondary N) is 1. The summed E-state index contributed by atoms with van der Waals surface area (Å²) >= 11 is 0. The predicted octanol–water partition coefficient (Wildman–Crippen LogP) is 0.146. The number of carbonyl (C=O) groups is 2. The highest BCUT2D eigenvalue weighted by Gasteiger charge is 2.27. The van der Waals surface area contributed by atoms with Crippen LogP contribution in [0.4, 0.5) is 0 Å². The molecule has 1 aromatic carbocycles. The van der Waals surface area contributed by atoms with Gasteiger partial charge in [-0.25, -0.2) is 0 Å². The molecular formula is C13H15N3O3. The van der Waals surface area contributed by atoms with Crippen molar-refractivity contribution in [3.8, 4) is 5.75 Å². The smallest absolute Gasteiger partial charge is 0.273 e. The van der Waals surface area contributed by atoms with Crippen LogP contribution >= 0.6 is 0 Å². The van der Waals surface area contributed by atoms with Crippen LogP contribution in [-0.2, 0) is 9.59 Å². The first kappa shape index (κ1) is 13.2. The van der Waals surface area contributed by atoms with Gasteiger partial charge in [0.2, 0.25) is 0 Å². The van der Waals surface area contributed by atoms with Crippen molar-refractivity contribution in [1.29, 1.82) is 0 Å². The Morgan fingerprint density at radius 2 is 2.00 bits per heavy atom.